The third-order valence-electron chi connectivity index (χ3n) is 6.97. The number of amides is 2. The van der Waals surface area contributed by atoms with Crippen molar-refractivity contribution >= 4 is 35.4 Å². The second kappa shape index (κ2) is 11.0. The molecule has 3 heterocycles. The first-order chi connectivity index (χ1) is 18.8. The molecule has 0 bridgehead atoms. The van der Waals surface area contributed by atoms with Gasteiger partial charge < -0.3 is 29.4 Å². The fourth-order valence-electron chi connectivity index (χ4n) is 5.01. The van der Waals surface area contributed by atoms with Crippen LogP contribution in [0.25, 0.3) is 0 Å². The van der Waals surface area contributed by atoms with Crippen LogP contribution in [0.2, 0.25) is 0 Å². The number of hydrogen-bond donors (Lipinski definition) is 2. The van der Waals surface area contributed by atoms with Gasteiger partial charge in [0.05, 0.1) is 36.5 Å². The number of anilines is 1. The van der Waals surface area contributed by atoms with Gasteiger partial charge in [0.1, 0.15) is 12.3 Å². The molecule has 0 aliphatic carbocycles. The molecule has 1 atom stereocenters. The molecule has 10 heteroatoms. The van der Waals surface area contributed by atoms with Gasteiger partial charge in [-0.2, -0.15) is 0 Å². The number of piperidine rings is 1. The van der Waals surface area contributed by atoms with Crippen molar-refractivity contribution in [1.29, 1.82) is 0 Å². The van der Waals surface area contributed by atoms with E-state index < -0.39 is 5.97 Å². The minimum absolute atomic E-state index is 0.00932. The van der Waals surface area contributed by atoms with E-state index in [1.54, 1.807) is 25.4 Å². The van der Waals surface area contributed by atoms with E-state index in [2.05, 4.69) is 10.3 Å². The summed E-state index contributed by atoms with van der Waals surface area (Å²) in [6.45, 7) is 0.941. The number of hydrogen-bond acceptors (Lipinski definition) is 6. The number of methoxy groups -OCH3 is 1. The number of fused-ring (bicyclic) bond motifs is 2. The summed E-state index contributed by atoms with van der Waals surface area (Å²) in [4.78, 5) is 43.5. The number of carboxylic acid groups (broad SMARTS) is 1. The van der Waals surface area contributed by atoms with Gasteiger partial charge in [0.15, 0.2) is 11.5 Å². The minimum Gasteiger partial charge on any atom is -0.493 e. The molecule has 2 amide bonds. The molecule has 3 aromatic rings. The highest BCUT2D eigenvalue weighted by Gasteiger charge is 2.31. The Balaban J connectivity index is 1.27. The maximum absolute atomic E-state index is 13.2. The molecule has 5 rings (SSSR count). The molecule has 1 saturated heterocycles. The second-order valence-electron chi connectivity index (χ2n) is 9.72. The number of rotatable bonds is 8. The molecule has 0 saturated carbocycles. The van der Waals surface area contributed by atoms with E-state index in [9.17, 15) is 19.5 Å². The standard InChI is InChI=1S/C29H30N4O6/c1-32-16-20(12-24(32)29(36)37)31-27(34)11-18-6-5-7-19(10-18)17-39-26-14-23-22(13-25(26)38-2)28(35)33-9-4-3-8-21(33)15-30-23/h5-7,10,12-16,21H,3-4,8-9,11,17H2,1-2H3,(H,31,34)(H,36,37)/t21-/m0/s1. The van der Waals surface area contributed by atoms with Crippen molar-refractivity contribution < 1.29 is 29.0 Å². The number of aliphatic imine (C=N–C) groups is 1. The summed E-state index contributed by atoms with van der Waals surface area (Å²) in [5, 5.41) is 11.9. The largest absolute Gasteiger partial charge is 0.493 e. The van der Waals surface area contributed by atoms with Crippen LogP contribution in [0.3, 0.4) is 0 Å². The molecule has 202 valence electrons. The first-order valence-electron chi connectivity index (χ1n) is 12.8. The third-order valence-corrected chi connectivity index (χ3v) is 6.97. The summed E-state index contributed by atoms with van der Waals surface area (Å²) in [6.07, 6.45) is 6.50. The van der Waals surface area contributed by atoms with Gasteiger partial charge in [0, 0.05) is 32.1 Å². The Hall–Kier alpha value is -4.60. The zero-order valence-electron chi connectivity index (χ0n) is 21.8. The zero-order chi connectivity index (χ0) is 27.5. The van der Waals surface area contributed by atoms with Gasteiger partial charge in [0.2, 0.25) is 5.91 Å². The van der Waals surface area contributed by atoms with E-state index in [1.807, 2.05) is 35.4 Å². The molecule has 2 aliphatic rings. The maximum Gasteiger partial charge on any atom is 0.352 e. The Morgan fingerprint density at radius 2 is 1.95 bits per heavy atom. The average molecular weight is 531 g/mol. The van der Waals surface area contributed by atoms with Crippen LogP contribution in [-0.2, 0) is 24.9 Å². The van der Waals surface area contributed by atoms with E-state index in [-0.39, 0.29) is 36.6 Å². The van der Waals surface area contributed by atoms with E-state index in [0.717, 1.165) is 36.9 Å². The number of nitrogens with zero attached hydrogens (tertiary/aromatic N) is 3. The van der Waals surface area contributed by atoms with Crippen molar-refractivity contribution in [2.24, 2.45) is 12.0 Å². The number of carbonyl (C=O) groups excluding carboxylic acids is 2. The highest BCUT2D eigenvalue weighted by Crippen LogP contribution is 2.38. The molecule has 0 unspecified atom stereocenters. The normalized spacial score (nSPS) is 16.2. The fraction of sp³-hybridized carbons (Fsp3) is 0.310. The Kier molecular flexibility index (Phi) is 7.36. The summed E-state index contributed by atoms with van der Waals surface area (Å²) in [6, 6.07) is 12.3. The predicted octanol–water partition coefficient (Wildman–Crippen LogP) is 4.20. The van der Waals surface area contributed by atoms with Crippen molar-refractivity contribution in [1.82, 2.24) is 9.47 Å². The zero-order valence-corrected chi connectivity index (χ0v) is 21.8. The van der Waals surface area contributed by atoms with Gasteiger partial charge in [-0.05, 0) is 42.5 Å². The Labute approximate surface area is 225 Å². The number of ether oxygens (including phenoxy) is 2. The molecule has 1 aromatic heterocycles. The van der Waals surface area contributed by atoms with Crippen molar-refractivity contribution in [3.05, 3.63) is 71.0 Å². The molecule has 2 aliphatic heterocycles. The summed E-state index contributed by atoms with van der Waals surface area (Å²) in [5.41, 5.74) is 3.20. The topological polar surface area (TPSA) is 122 Å². The Morgan fingerprint density at radius 1 is 1.13 bits per heavy atom. The molecule has 1 fully saturated rings. The van der Waals surface area contributed by atoms with Gasteiger partial charge in [0.25, 0.3) is 5.91 Å². The molecular weight excluding hydrogens is 500 g/mol. The number of aromatic nitrogens is 1. The number of nitrogens with one attached hydrogen (secondary N) is 1. The summed E-state index contributed by atoms with van der Waals surface area (Å²) >= 11 is 0. The summed E-state index contributed by atoms with van der Waals surface area (Å²) < 4.78 is 13.1. The highest BCUT2D eigenvalue weighted by atomic mass is 16.5. The first-order valence-corrected chi connectivity index (χ1v) is 12.8. The third kappa shape index (κ3) is 5.64. The van der Waals surface area contributed by atoms with Gasteiger partial charge >= 0.3 is 5.97 Å². The second-order valence-corrected chi connectivity index (χ2v) is 9.72. The molecule has 2 aromatic carbocycles. The number of aryl methyl sites for hydroxylation is 1. The van der Waals surface area contributed by atoms with E-state index in [1.165, 1.54) is 17.7 Å². The monoisotopic (exact) mass is 530 g/mol. The van der Waals surface area contributed by atoms with Gasteiger partial charge in [-0.3, -0.25) is 14.6 Å². The van der Waals surface area contributed by atoms with Crippen molar-refractivity contribution in [2.75, 3.05) is 19.0 Å². The molecule has 0 radical (unpaired) electrons. The van der Waals surface area contributed by atoms with Crippen LogP contribution < -0.4 is 14.8 Å². The number of carbonyl (C=O) groups is 3. The first kappa shape index (κ1) is 26.0. The van der Waals surface area contributed by atoms with Crippen molar-refractivity contribution in [3.8, 4) is 11.5 Å². The van der Waals surface area contributed by atoms with E-state index in [0.29, 0.717) is 28.4 Å². The van der Waals surface area contributed by atoms with Crippen LogP contribution in [0.4, 0.5) is 11.4 Å². The molecular formula is C29H30N4O6. The lowest BCUT2D eigenvalue weighted by Gasteiger charge is -2.32. The smallest absolute Gasteiger partial charge is 0.352 e. The summed E-state index contributed by atoms with van der Waals surface area (Å²) in [5.74, 6) is -0.444. The molecule has 39 heavy (non-hydrogen) atoms. The SMILES string of the molecule is COc1cc2c(cc1OCc1cccc(CC(=O)Nc3cc(C(=O)O)n(C)c3)c1)N=C[C@@H]1CCCCN1C2=O. The van der Waals surface area contributed by atoms with E-state index in [4.69, 9.17) is 9.47 Å². The highest BCUT2D eigenvalue weighted by molar-refractivity contribution is 6.03. The number of benzene rings is 2. The minimum atomic E-state index is -1.06. The van der Waals surface area contributed by atoms with Crippen LogP contribution >= 0.6 is 0 Å². The van der Waals surface area contributed by atoms with Crippen molar-refractivity contribution in [3.63, 3.8) is 0 Å². The molecule has 0 spiro atoms. The number of carboxylic acids is 1. The lowest BCUT2D eigenvalue weighted by molar-refractivity contribution is -0.115. The Morgan fingerprint density at radius 3 is 2.72 bits per heavy atom. The fourth-order valence-corrected chi connectivity index (χ4v) is 5.01. The number of aromatic carboxylic acids is 1. The van der Waals surface area contributed by atoms with Gasteiger partial charge in [-0.1, -0.05) is 24.3 Å². The van der Waals surface area contributed by atoms with Crippen molar-refractivity contribution in [2.45, 2.75) is 38.3 Å². The summed E-state index contributed by atoms with van der Waals surface area (Å²) in [7, 11) is 3.14. The van der Waals surface area contributed by atoms with Gasteiger partial charge in [-0.15, -0.1) is 0 Å². The quantitative estimate of drug-likeness (QED) is 0.450. The van der Waals surface area contributed by atoms with Crippen LogP contribution in [0.1, 0.15) is 51.2 Å². The van der Waals surface area contributed by atoms with Crippen LogP contribution in [-0.4, -0.2) is 58.3 Å². The van der Waals surface area contributed by atoms with Crippen LogP contribution in [0.15, 0.2) is 53.7 Å². The lowest BCUT2D eigenvalue weighted by Crippen LogP contribution is -2.43. The van der Waals surface area contributed by atoms with Crippen LogP contribution in [0, 0.1) is 0 Å². The maximum atomic E-state index is 13.2. The molecule has 2 N–H and O–H groups in total. The average Bonchev–Trinajstić information content (AvgIpc) is 3.23. The molecule has 10 nitrogen and oxygen atoms in total. The predicted molar refractivity (Wildman–Crippen MR) is 145 cm³/mol. The van der Waals surface area contributed by atoms with Gasteiger partial charge in [-0.25, -0.2) is 4.79 Å². The van der Waals surface area contributed by atoms with Crippen LogP contribution in [0.5, 0.6) is 11.5 Å². The Bertz CT molecular complexity index is 1460. The lowest BCUT2D eigenvalue weighted by atomic mass is 10.0. The van der Waals surface area contributed by atoms with E-state index >= 15 is 0 Å².